The second-order valence-corrected chi connectivity index (χ2v) is 7.57. The molecule has 5 heteroatoms. The Bertz CT molecular complexity index is 547. The Labute approximate surface area is 151 Å². The Balaban J connectivity index is 1.46. The summed E-state index contributed by atoms with van der Waals surface area (Å²) >= 11 is 0. The van der Waals surface area contributed by atoms with E-state index in [4.69, 9.17) is 4.74 Å². The summed E-state index contributed by atoms with van der Waals surface area (Å²) in [6.07, 6.45) is 7.26. The van der Waals surface area contributed by atoms with E-state index in [1.54, 1.807) is 0 Å². The first-order chi connectivity index (χ1) is 12.1. The van der Waals surface area contributed by atoms with Crippen molar-refractivity contribution in [1.29, 1.82) is 0 Å². The summed E-state index contributed by atoms with van der Waals surface area (Å²) in [5, 5.41) is 0. The van der Waals surface area contributed by atoms with Crippen molar-refractivity contribution < 1.29 is 9.53 Å². The molecule has 1 saturated heterocycles. The second kappa shape index (κ2) is 8.77. The van der Waals surface area contributed by atoms with Crippen LogP contribution in [0.3, 0.4) is 0 Å². The van der Waals surface area contributed by atoms with E-state index in [-0.39, 0.29) is 12.0 Å². The number of rotatable bonds is 7. The Morgan fingerprint density at radius 1 is 1.32 bits per heavy atom. The highest BCUT2D eigenvalue weighted by Gasteiger charge is 2.28. The van der Waals surface area contributed by atoms with Crippen LogP contribution in [-0.4, -0.2) is 59.6 Å². The van der Waals surface area contributed by atoms with Gasteiger partial charge < -0.3 is 9.64 Å². The van der Waals surface area contributed by atoms with Gasteiger partial charge in [-0.2, -0.15) is 0 Å². The molecule has 2 aliphatic rings. The highest BCUT2D eigenvalue weighted by atomic mass is 16.5. The summed E-state index contributed by atoms with van der Waals surface area (Å²) in [5.41, 5.74) is 1.10. The van der Waals surface area contributed by atoms with Crippen molar-refractivity contribution in [1.82, 2.24) is 14.8 Å². The number of hydrogen-bond acceptors (Lipinski definition) is 4. The lowest BCUT2D eigenvalue weighted by Gasteiger charge is -2.27. The van der Waals surface area contributed by atoms with E-state index in [0.717, 1.165) is 51.2 Å². The minimum Gasteiger partial charge on any atom is -0.368 e. The van der Waals surface area contributed by atoms with E-state index in [1.165, 1.54) is 12.8 Å². The molecule has 25 heavy (non-hydrogen) atoms. The lowest BCUT2D eigenvalue weighted by Crippen LogP contribution is -2.40. The van der Waals surface area contributed by atoms with Gasteiger partial charge in [0.1, 0.15) is 6.10 Å². The first kappa shape index (κ1) is 18.3. The topological polar surface area (TPSA) is 45.7 Å². The smallest absolute Gasteiger partial charge is 0.251 e. The van der Waals surface area contributed by atoms with Gasteiger partial charge in [-0.1, -0.05) is 6.07 Å². The quantitative estimate of drug-likeness (QED) is 0.762. The highest BCUT2D eigenvalue weighted by Crippen LogP contribution is 2.29. The van der Waals surface area contributed by atoms with E-state index in [2.05, 4.69) is 23.0 Å². The molecule has 5 nitrogen and oxygen atoms in total. The molecule has 2 atom stereocenters. The van der Waals surface area contributed by atoms with E-state index < -0.39 is 0 Å². The summed E-state index contributed by atoms with van der Waals surface area (Å²) in [7, 11) is 2.16. The first-order valence-corrected chi connectivity index (χ1v) is 9.64. The largest absolute Gasteiger partial charge is 0.368 e. The zero-order valence-corrected chi connectivity index (χ0v) is 15.6. The average molecular weight is 345 g/mol. The molecule has 1 aliphatic heterocycles. The Morgan fingerprint density at radius 2 is 2.16 bits per heavy atom. The fourth-order valence-electron chi connectivity index (χ4n) is 3.51. The minimum atomic E-state index is -0.302. The summed E-state index contributed by atoms with van der Waals surface area (Å²) in [6, 6.07) is 6.56. The van der Waals surface area contributed by atoms with Crippen LogP contribution in [0.2, 0.25) is 0 Å². The number of ether oxygens (including phenoxy) is 1. The van der Waals surface area contributed by atoms with Crippen LogP contribution in [0.5, 0.6) is 0 Å². The Kier molecular flexibility index (Phi) is 6.43. The maximum absolute atomic E-state index is 12.6. The van der Waals surface area contributed by atoms with Gasteiger partial charge in [-0.05, 0) is 64.1 Å². The predicted octanol–water partition coefficient (Wildman–Crippen LogP) is 2.71. The molecule has 1 amide bonds. The van der Waals surface area contributed by atoms with Gasteiger partial charge in [0, 0.05) is 31.9 Å². The summed E-state index contributed by atoms with van der Waals surface area (Å²) < 4.78 is 5.77. The molecule has 0 spiro atoms. The number of likely N-dealkylation sites (tertiary alicyclic amines) is 1. The van der Waals surface area contributed by atoms with Gasteiger partial charge in [0.2, 0.25) is 0 Å². The monoisotopic (exact) mass is 345 g/mol. The standard InChI is InChI=1S/C20H31N3O2/c1-16(25-15-17-8-9-17)20(24)23-12-5-7-19(10-13-23)22(2)14-18-6-3-4-11-21-18/h3-4,6,11,16-17,19H,5,7-10,12-15H2,1-2H3/t16-,19-/m1/s1. The van der Waals surface area contributed by atoms with Crippen molar-refractivity contribution in [3.63, 3.8) is 0 Å². The van der Waals surface area contributed by atoms with Crippen molar-refractivity contribution >= 4 is 5.91 Å². The molecular weight excluding hydrogens is 314 g/mol. The van der Waals surface area contributed by atoms with Crippen LogP contribution in [0.1, 0.15) is 44.7 Å². The highest BCUT2D eigenvalue weighted by molar-refractivity contribution is 5.80. The van der Waals surface area contributed by atoms with Crippen LogP contribution in [0.25, 0.3) is 0 Å². The molecule has 0 unspecified atom stereocenters. The fraction of sp³-hybridized carbons (Fsp3) is 0.700. The van der Waals surface area contributed by atoms with E-state index in [0.29, 0.717) is 12.0 Å². The molecule has 138 valence electrons. The van der Waals surface area contributed by atoms with Gasteiger partial charge in [0.25, 0.3) is 5.91 Å². The van der Waals surface area contributed by atoms with Crippen LogP contribution >= 0.6 is 0 Å². The van der Waals surface area contributed by atoms with Gasteiger partial charge in [-0.25, -0.2) is 0 Å². The molecule has 1 saturated carbocycles. The molecule has 0 bridgehead atoms. The third kappa shape index (κ3) is 5.51. The number of nitrogens with zero attached hydrogens (tertiary/aromatic N) is 3. The molecule has 1 aromatic rings. The molecule has 1 aliphatic carbocycles. The molecular formula is C20H31N3O2. The van der Waals surface area contributed by atoms with Crippen LogP contribution in [0.15, 0.2) is 24.4 Å². The van der Waals surface area contributed by atoms with Gasteiger partial charge >= 0.3 is 0 Å². The second-order valence-electron chi connectivity index (χ2n) is 7.57. The van der Waals surface area contributed by atoms with Gasteiger partial charge in [-0.15, -0.1) is 0 Å². The third-order valence-electron chi connectivity index (χ3n) is 5.40. The maximum atomic E-state index is 12.6. The molecule has 1 aromatic heterocycles. The van der Waals surface area contributed by atoms with Gasteiger partial charge in [0.05, 0.1) is 12.3 Å². The number of carbonyl (C=O) groups excluding carboxylic acids is 1. The van der Waals surface area contributed by atoms with Crippen molar-refractivity contribution in [3.8, 4) is 0 Å². The van der Waals surface area contributed by atoms with Gasteiger partial charge in [0.15, 0.2) is 0 Å². The number of pyridine rings is 1. The van der Waals surface area contributed by atoms with Crippen molar-refractivity contribution in [3.05, 3.63) is 30.1 Å². The summed E-state index contributed by atoms with van der Waals surface area (Å²) in [4.78, 5) is 21.4. The molecule has 2 fully saturated rings. The molecule has 2 heterocycles. The van der Waals surface area contributed by atoms with Crippen LogP contribution < -0.4 is 0 Å². The Hall–Kier alpha value is -1.46. The fourth-order valence-corrected chi connectivity index (χ4v) is 3.51. The predicted molar refractivity (Wildman–Crippen MR) is 98.1 cm³/mol. The van der Waals surface area contributed by atoms with E-state index >= 15 is 0 Å². The third-order valence-corrected chi connectivity index (χ3v) is 5.40. The number of aromatic nitrogens is 1. The lowest BCUT2D eigenvalue weighted by molar-refractivity contribution is -0.142. The Morgan fingerprint density at radius 3 is 2.88 bits per heavy atom. The SMILES string of the molecule is C[C@@H](OCC1CC1)C(=O)N1CCC[C@@H](N(C)Cc2ccccn2)CC1. The van der Waals surface area contributed by atoms with Crippen LogP contribution in [-0.2, 0) is 16.1 Å². The zero-order valence-electron chi connectivity index (χ0n) is 15.6. The molecule has 0 radical (unpaired) electrons. The normalized spacial score (nSPS) is 22.7. The van der Waals surface area contributed by atoms with Crippen LogP contribution in [0.4, 0.5) is 0 Å². The molecule has 0 aromatic carbocycles. The summed E-state index contributed by atoms with van der Waals surface area (Å²) in [6.45, 7) is 5.19. The first-order valence-electron chi connectivity index (χ1n) is 9.64. The minimum absolute atomic E-state index is 0.161. The average Bonchev–Trinajstić information content (AvgIpc) is 3.46. The van der Waals surface area contributed by atoms with Crippen molar-refractivity contribution in [2.45, 2.75) is 57.7 Å². The number of carbonyl (C=O) groups is 1. The van der Waals surface area contributed by atoms with Crippen molar-refractivity contribution in [2.24, 2.45) is 5.92 Å². The van der Waals surface area contributed by atoms with E-state index in [9.17, 15) is 4.79 Å². The molecule has 3 rings (SSSR count). The summed E-state index contributed by atoms with van der Waals surface area (Å²) in [5.74, 6) is 0.859. The van der Waals surface area contributed by atoms with Gasteiger partial charge in [-0.3, -0.25) is 14.7 Å². The maximum Gasteiger partial charge on any atom is 0.251 e. The lowest BCUT2D eigenvalue weighted by atomic mass is 10.1. The number of hydrogen-bond donors (Lipinski definition) is 0. The zero-order chi connectivity index (χ0) is 17.6. The molecule has 0 N–H and O–H groups in total. The van der Waals surface area contributed by atoms with Crippen molar-refractivity contribution in [2.75, 3.05) is 26.7 Å². The van der Waals surface area contributed by atoms with E-state index in [1.807, 2.05) is 30.2 Å². The number of amides is 1. The van der Waals surface area contributed by atoms with Crippen LogP contribution in [0, 0.1) is 5.92 Å².